The van der Waals surface area contributed by atoms with E-state index in [2.05, 4.69) is 42.0 Å². The van der Waals surface area contributed by atoms with Crippen molar-refractivity contribution in [2.45, 2.75) is 64.8 Å². The second-order valence-electron chi connectivity index (χ2n) is 18.6. The van der Waals surface area contributed by atoms with E-state index < -0.39 is 24.0 Å². The SMILES string of the molecule is Cc1c(Cl)c2c(Cl)c(C)c1-c1c(-c3ccc(F)cc3)sc3ncnc(c13)O[C@@H](C(=O)O)Cc1cc(ccc1OCc1ccnc(N3CCC4(CCCNC4=O)CC3)n1)OC[C@@H](CN1CCN(C)CC1)O2. The van der Waals surface area contributed by atoms with E-state index >= 15 is 0 Å². The average molecular weight is 1010 g/mol. The molecule has 3 aromatic carbocycles. The van der Waals surface area contributed by atoms with Gasteiger partial charge in [-0.2, -0.15) is 0 Å². The second-order valence-corrected chi connectivity index (χ2v) is 20.3. The van der Waals surface area contributed by atoms with Crippen molar-refractivity contribution in [3.63, 3.8) is 0 Å². The van der Waals surface area contributed by atoms with Gasteiger partial charge in [-0.25, -0.2) is 29.1 Å². The monoisotopic (exact) mass is 1010 g/mol. The molecule has 2 N–H and O–H groups in total. The quantitative estimate of drug-likeness (QED) is 0.149. The number of hydrogen-bond donors (Lipinski definition) is 2. The average Bonchev–Trinajstić information content (AvgIpc) is 3.75. The van der Waals surface area contributed by atoms with E-state index in [9.17, 15) is 19.1 Å². The van der Waals surface area contributed by atoms with Crippen LogP contribution in [0.5, 0.6) is 23.1 Å². The van der Waals surface area contributed by atoms with Crippen molar-refractivity contribution in [3.8, 4) is 44.7 Å². The van der Waals surface area contributed by atoms with Crippen LogP contribution in [-0.4, -0.2) is 125 Å². The van der Waals surface area contributed by atoms with Crippen LogP contribution in [0, 0.1) is 25.1 Å². The summed E-state index contributed by atoms with van der Waals surface area (Å²) in [5.74, 6) is 0.254. The Labute approximate surface area is 418 Å². The predicted molar refractivity (Wildman–Crippen MR) is 266 cm³/mol. The van der Waals surface area contributed by atoms with Crippen molar-refractivity contribution in [2.24, 2.45) is 5.41 Å². The van der Waals surface area contributed by atoms with E-state index in [4.69, 9.17) is 47.1 Å². The van der Waals surface area contributed by atoms with Gasteiger partial charge in [0.1, 0.15) is 47.8 Å². The van der Waals surface area contributed by atoms with Gasteiger partial charge in [0.15, 0.2) is 5.75 Å². The first-order chi connectivity index (χ1) is 33.8. The van der Waals surface area contributed by atoms with E-state index in [1.807, 2.05) is 13.8 Å². The largest absolute Gasteiger partial charge is 0.490 e. The van der Waals surface area contributed by atoms with Crippen molar-refractivity contribution >= 4 is 62.6 Å². The molecule has 8 heterocycles. The molecule has 4 bridgehead atoms. The Morgan fingerprint density at radius 2 is 1.71 bits per heavy atom. The maximum absolute atomic E-state index is 14.4. The smallest absolute Gasteiger partial charge is 0.345 e. The van der Waals surface area contributed by atoms with E-state index in [1.54, 1.807) is 42.6 Å². The normalized spacial score (nSPS) is 19.8. The first kappa shape index (κ1) is 47.8. The number of thiophene rings is 1. The summed E-state index contributed by atoms with van der Waals surface area (Å²) in [4.78, 5) is 52.8. The molecule has 1 spiro atoms. The Morgan fingerprint density at radius 1 is 0.957 bits per heavy atom. The molecule has 3 saturated heterocycles. The molecule has 2 atom stereocenters. The molecule has 1 amide bonds. The van der Waals surface area contributed by atoms with Gasteiger partial charge >= 0.3 is 5.97 Å². The molecule has 366 valence electrons. The summed E-state index contributed by atoms with van der Waals surface area (Å²) in [5.41, 5.74) is 4.04. The lowest BCUT2D eigenvalue weighted by Gasteiger charge is -2.42. The number of halogens is 3. The highest BCUT2D eigenvalue weighted by Gasteiger charge is 2.43. The number of nitrogens with one attached hydrogen (secondary N) is 1. The molecule has 0 aliphatic carbocycles. The number of anilines is 1. The maximum atomic E-state index is 14.4. The van der Waals surface area contributed by atoms with Crippen molar-refractivity contribution in [1.82, 2.24) is 35.1 Å². The van der Waals surface area contributed by atoms with Gasteiger partial charge in [0.25, 0.3) is 0 Å². The highest BCUT2D eigenvalue weighted by atomic mass is 35.5. The minimum atomic E-state index is -1.47. The summed E-state index contributed by atoms with van der Waals surface area (Å²) in [6.45, 7) is 9.92. The molecule has 15 nitrogen and oxygen atoms in total. The van der Waals surface area contributed by atoms with Crippen molar-refractivity contribution < 1.29 is 38.0 Å². The summed E-state index contributed by atoms with van der Waals surface area (Å²) in [7, 11) is 2.10. The van der Waals surface area contributed by atoms with Crippen molar-refractivity contribution in [2.75, 3.05) is 70.9 Å². The Bertz CT molecular complexity index is 2920. The minimum absolute atomic E-state index is 0.0241. The van der Waals surface area contributed by atoms with Crippen LogP contribution in [0.15, 0.2) is 61.1 Å². The standard InChI is InChI=1S/C51H53Cl2FN8O7S/c1-29-39-30(2)43(53)44(42(29)52)68-36(25-61-21-19-60(3)20-22-61)27-66-35-9-10-37(67-26-34-11-16-56-50(59-34)62-17-13-51(14-18-62)12-4-15-55-49(51)65)32(23-35)24-38(48(63)64)69-46-41-40(39)45(70-47(41)58-28-57-46)31-5-7-33(54)8-6-31/h5-11,16,23,28,36,38H,4,12-15,17-22,24-27H2,1-3H3,(H,55,65)(H,63,64)/t36-,38-/m1/s1. The topological polar surface area (TPSA) is 165 Å². The molecule has 0 saturated carbocycles. The van der Waals surface area contributed by atoms with Gasteiger partial charge < -0.3 is 39.2 Å². The molecule has 19 heteroatoms. The number of carbonyl (C=O) groups is 2. The first-order valence-electron chi connectivity index (χ1n) is 23.6. The van der Waals surface area contributed by atoms with Crippen LogP contribution in [0.25, 0.3) is 31.8 Å². The summed E-state index contributed by atoms with van der Waals surface area (Å²) >= 11 is 16.0. The van der Waals surface area contributed by atoms with Crippen molar-refractivity contribution in [1.29, 1.82) is 0 Å². The molecule has 5 aliphatic rings. The van der Waals surface area contributed by atoms with Gasteiger partial charge in [-0.05, 0) is 105 Å². The van der Waals surface area contributed by atoms with Gasteiger partial charge in [0.2, 0.25) is 23.8 Å². The highest BCUT2D eigenvalue weighted by molar-refractivity contribution is 7.22. The summed E-state index contributed by atoms with van der Waals surface area (Å²) in [6.07, 6.45) is 4.19. The number of carbonyl (C=O) groups excluding carboxylic acids is 1. The number of ether oxygens (including phenoxy) is 4. The van der Waals surface area contributed by atoms with Crippen LogP contribution in [-0.2, 0) is 22.6 Å². The molecular formula is C51H53Cl2FN8O7S. The number of aromatic nitrogens is 4. The molecule has 5 aliphatic heterocycles. The lowest BCUT2D eigenvalue weighted by atomic mass is 9.72. The summed E-state index contributed by atoms with van der Waals surface area (Å²) < 4.78 is 40.8. The maximum Gasteiger partial charge on any atom is 0.345 e. The van der Waals surface area contributed by atoms with Gasteiger partial charge in [0, 0.05) is 81.0 Å². The fourth-order valence-electron chi connectivity index (χ4n) is 10.0. The Kier molecular flexibility index (Phi) is 13.7. The number of hydrogen-bond acceptors (Lipinski definition) is 14. The molecule has 0 radical (unpaired) electrons. The minimum Gasteiger partial charge on any atom is -0.490 e. The third-order valence-corrected chi connectivity index (χ3v) is 16.1. The number of nitrogens with zero attached hydrogens (tertiary/aromatic N) is 7. The molecule has 11 rings (SSSR count). The van der Waals surface area contributed by atoms with Gasteiger partial charge in [-0.3, -0.25) is 9.69 Å². The zero-order chi connectivity index (χ0) is 48.7. The van der Waals surface area contributed by atoms with Crippen LogP contribution in [0.3, 0.4) is 0 Å². The number of aliphatic carboxylic acids is 1. The third kappa shape index (κ3) is 9.65. The second kappa shape index (κ2) is 20.1. The number of amides is 1. The van der Waals surface area contributed by atoms with E-state index in [-0.39, 0.29) is 36.8 Å². The zero-order valence-corrected chi connectivity index (χ0v) is 41.4. The van der Waals surface area contributed by atoms with Crippen molar-refractivity contribution in [3.05, 3.63) is 99.3 Å². The van der Waals surface area contributed by atoms with Crippen LogP contribution in [0.1, 0.15) is 48.1 Å². The fourth-order valence-corrected chi connectivity index (χ4v) is 11.7. The fraction of sp³-hybridized carbons (Fsp3) is 0.412. The number of benzene rings is 3. The zero-order valence-electron chi connectivity index (χ0n) is 39.1. The Balaban J connectivity index is 1.03. The number of piperidine rings is 2. The van der Waals surface area contributed by atoms with Crippen LogP contribution < -0.4 is 29.2 Å². The van der Waals surface area contributed by atoms with E-state index in [0.29, 0.717) is 107 Å². The summed E-state index contributed by atoms with van der Waals surface area (Å²) in [5, 5.41) is 15.0. The number of fused-ring (bicyclic) bond motifs is 7. The molecule has 70 heavy (non-hydrogen) atoms. The number of carboxylic acids is 1. The molecule has 6 aromatic rings. The molecule has 3 fully saturated rings. The molecule has 0 unspecified atom stereocenters. The van der Waals surface area contributed by atoms with Gasteiger partial charge in [-0.15, -0.1) is 11.3 Å². The van der Waals surface area contributed by atoms with Gasteiger partial charge in [-0.1, -0.05) is 35.3 Å². The van der Waals surface area contributed by atoms with E-state index in [1.165, 1.54) is 29.8 Å². The number of carboxylic acid groups (broad SMARTS) is 1. The van der Waals surface area contributed by atoms with Crippen LogP contribution in [0.4, 0.5) is 10.3 Å². The number of rotatable bonds is 8. The highest BCUT2D eigenvalue weighted by Crippen LogP contribution is 2.53. The lowest BCUT2D eigenvalue weighted by Crippen LogP contribution is -2.52. The number of piperazine rings is 1. The Hall–Kier alpha value is -5.85. The third-order valence-electron chi connectivity index (χ3n) is 14.0. The lowest BCUT2D eigenvalue weighted by molar-refractivity contribution is -0.145. The predicted octanol–water partition coefficient (Wildman–Crippen LogP) is 8.42. The number of likely N-dealkylation sites (N-methyl/N-ethyl adjacent to an activating group) is 1. The summed E-state index contributed by atoms with van der Waals surface area (Å²) in [6, 6.07) is 13.2. The molecule has 3 aromatic heterocycles. The van der Waals surface area contributed by atoms with Gasteiger partial charge in [0.05, 0.1) is 26.5 Å². The first-order valence-corrected chi connectivity index (χ1v) is 25.1. The van der Waals surface area contributed by atoms with Crippen LogP contribution in [0.2, 0.25) is 10.0 Å². The van der Waals surface area contributed by atoms with Crippen LogP contribution >= 0.6 is 34.5 Å². The Morgan fingerprint density at radius 3 is 2.44 bits per heavy atom. The van der Waals surface area contributed by atoms with E-state index in [0.717, 1.165) is 58.4 Å². The molecular weight excluding hydrogens is 959 g/mol.